The Kier molecular flexibility index (Phi) is 5.02. The van der Waals surface area contributed by atoms with E-state index in [9.17, 15) is 8.42 Å². The van der Waals surface area contributed by atoms with Gasteiger partial charge in [0.2, 0.25) is 0 Å². The molecule has 0 aliphatic heterocycles. The van der Waals surface area contributed by atoms with Gasteiger partial charge in [-0.25, -0.2) is 13.4 Å². The molecule has 0 fully saturated rings. The fourth-order valence-electron chi connectivity index (χ4n) is 1.94. The largest absolute Gasteiger partial charge is 0.349 e. The summed E-state index contributed by atoms with van der Waals surface area (Å²) in [6.07, 6.45) is 3.31. The number of hydrogen-bond donors (Lipinski definition) is 2. The van der Waals surface area contributed by atoms with Crippen LogP contribution in [0.1, 0.15) is 24.4 Å². The summed E-state index contributed by atoms with van der Waals surface area (Å²) in [7, 11) is -3.59. The highest BCUT2D eigenvalue weighted by atomic mass is 32.2. The van der Waals surface area contributed by atoms with Crippen LogP contribution in [0, 0.1) is 6.92 Å². The van der Waals surface area contributed by atoms with E-state index in [4.69, 9.17) is 0 Å². The predicted molar refractivity (Wildman–Crippen MR) is 85.1 cm³/mol. The highest BCUT2D eigenvalue weighted by Crippen LogP contribution is 2.22. The molecule has 8 heteroatoms. The Labute approximate surface area is 129 Å². The van der Waals surface area contributed by atoms with Gasteiger partial charge >= 0.3 is 0 Å². The summed E-state index contributed by atoms with van der Waals surface area (Å²) in [6.45, 7) is 8.11. The van der Waals surface area contributed by atoms with Crippen LogP contribution in [0.2, 0.25) is 0 Å². The van der Waals surface area contributed by atoms with Crippen LogP contribution >= 0.6 is 11.3 Å². The van der Waals surface area contributed by atoms with Crippen molar-refractivity contribution in [2.45, 2.75) is 38.8 Å². The first-order valence-corrected chi connectivity index (χ1v) is 9.11. The Morgan fingerprint density at radius 1 is 1.38 bits per heavy atom. The Balaban J connectivity index is 2.25. The quantitative estimate of drug-likeness (QED) is 0.817. The second-order valence-electron chi connectivity index (χ2n) is 4.62. The summed E-state index contributed by atoms with van der Waals surface area (Å²) in [5.41, 5.74) is 0.954. The number of nitrogens with zero attached hydrogens (tertiary/aromatic N) is 2. The molecule has 2 aromatic rings. The molecule has 0 amide bonds. The second-order valence-corrected chi connectivity index (χ2v) is 7.53. The third kappa shape index (κ3) is 3.84. The SMILES string of the molecule is CCNCc1cc(S(=O)(=O)Nc2ncc(C)s2)cn1CC. The number of anilines is 1. The van der Waals surface area contributed by atoms with Crippen molar-refractivity contribution in [1.29, 1.82) is 0 Å². The normalized spacial score (nSPS) is 11.8. The Hall–Kier alpha value is -1.38. The molecule has 0 atom stereocenters. The third-order valence-corrected chi connectivity index (χ3v) is 5.27. The van der Waals surface area contributed by atoms with Crippen molar-refractivity contribution in [3.05, 3.63) is 29.0 Å². The summed E-state index contributed by atoms with van der Waals surface area (Å²) >= 11 is 1.32. The van der Waals surface area contributed by atoms with Gasteiger partial charge in [-0.3, -0.25) is 4.72 Å². The molecule has 0 saturated carbocycles. The van der Waals surface area contributed by atoms with E-state index in [1.54, 1.807) is 18.5 Å². The number of hydrogen-bond acceptors (Lipinski definition) is 5. The lowest BCUT2D eigenvalue weighted by atomic mass is 10.4. The maximum Gasteiger partial charge on any atom is 0.265 e. The Morgan fingerprint density at radius 2 is 2.14 bits per heavy atom. The zero-order valence-corrected chi connectivity index (χ0v) is 14.0. The topological polar surface area (TPSA) is 76.0 Å². The average Bonchev–Trinajstić information content (AvgIpc) is 3.02. The van der Waals surface area contributed by atoms with Crippen molar-refractivity contribution in [3.8, 4) is 0 Å². The van der Waals surface area contributed by atoms with Crippen LogP contribution in [0.15, 0.2) is 23.4 Å². The number of thiazole rings is 1. The van der Waals surface area contributed by atoms with Crippen LogP contribution in [0.25, 0.3) is 0 Å². The van der Waals surface area contributed by atoms with Gasteiger partial charge in [-0.1, -0.05) is 6.92 Å². The maximum absolute atomic E-state index is 12.4. The van der Waals surface area contributed by atoms with Crippen LogP contribution in [-0.2, 0) is 23.1 Å². The molecule has 0 saturated heterocycles. The first-order valence-electron chi connectivity index (χ1n) is 6.81. The summed E-state index contributed by atoms with van der Waals surface area (Å²) in [4.78, 5) is 5.27. The predicted octanol–water partition coefficient (Wildman–Crippen LogP) is 2.18. The number of sulfonamides is 1. The molecule has 0 aliphatic carbocycles. The second kappa shape index (κ2) is 6.59. The fourth-order valence-corrected chi connectivity index (χ4v) is 3.91. The van der Waals surface area contributed by atoms with Gasteiger partial charge in [-0.05, 0) is 26.5 Å². The zero-order valence-electron chi connectivity index (χ0n) is 12.4. The Bertz CT molecular complexity index is 704. The van der Waals surface area contributed by atoms with Crippen molar-refractivity contribution in [2.75, 3.05) is 11.3 Å². The van der Waals surface area contributed by atoms with E-state index < -0.39 is 10.0 Å². The minimum absolute atomic E-state index is 0.269. The van der Waals surface area contributed by atoms with Crippen LogP contribution in [0.3, 0.4) is 0 Å². The van der Waals surface area contributed by atoms with Crippen LogP contribution in [0.4, 0.5) is 5.13 Å². The minimum Gasteiger partial charge on any atom is -0.349 e. The van der Waals surface area contributed by atoms with Crippen molar-refractivity contribution < 1.29 is 8.42 Å². The monoisotopic (exact) mass is 328 g/mol. The van der Waals surface area contributed by atoms with Crippen molar-refractivity contribution in [2.24, 2.45) is 0 Å². The highest BCUT2D eigenvalue weighted by molar-refractivity contribution is 7.93. The first kappa shape index (κ1) is 16.0. The van der Waals surface area contributed by atoms with Crippen molar-refractivity contribution in [1.82, 2.24) is 14.9 Å². The van der Waals surface area contributed by atoms with Crippen LogP contribution in [-0.4, -0.2) is 24.5 Å². The van der Waals surface area contributed by atoms with Gasteiger partial charge < -0.3 is 9.88 Å². The van der Waals surface area contributed by atoms with Crippen molar-refractivity contribution >= 4 is 26.5 Å². The molecule has 21 heavy (non-hydrogen) atoms. The number of rotatable bonds is 7. The average molecular weight is 328 g/mol. The summed E-state index contributed by atoms with van der Waals surface area (Å²) in [5.74, 6) is 0. The van der Waals surface area contributed by atoms with Gasteiger partial charge in [0.15, 0.2) is 5.13 Å². The summed E-state index contributed by atoms with van der Waals surface area (Å²) in [6, 6.07) is 1.70. The molecule has 2 N–H and O–H groups in total. The third-order valence-electron chi connectivity index (χ3n) is 3.01. The van der Waals surface area contributed by atoms with E-state index in [1.807, 2.05) is 25.3 Å². The highest BCUT2D eigenvalue weighted by Gasteiger charge is 2.19. The molecule has 6 nitrogen and oxygen atoms in total. The van der Waals surface area contributed by atoms with Gasteiger partial charge in [0.25, 0.3) is 10.0 Å². The standard InChI is InChI=1S/C13H20N4O2S2/c1-4-14-8-11-6-12(9-17(11)5-2)21(18,19)16-13-15-7-10(3)20-13/h6-7,9,14H,4-5,8H2,1-3H3,(H,15,16). The summed E-state index contributed by atoms with van der Waals surface area (Å²) in [5, 5.41) is 3.60. The molecule has 0 unspecified atom stereocenters. The van der Waals surface area contributed by atoms with Gasteiger partial charge in [-0.2, -0.15) is 0 Å². The van der Waals surface area contributed by atoms with E-state index in [1.165, 1.54) is 11.3 Å². The molecule has 0 bridgehead atoms. The van der Waals surface area contributed by atoms with Crippen LogP contribution < -0.4 is 10.0 Å². The van der Waals surface area contributed by atoms with Crippen molar-refractivity contribution in [3.63, 3.8) is 0 Å². The van der Waals surface area contributed by atoms with Crippen LogP contribution in [0.5, 0.6) is 0 Å². The van der Waals surface area contributed by atoms with Gasteiger partial charge in [0, 0.05) is 36.1 Å². The lowest BCUT2D eigenvalue weighted by molar-refractivity contribution is 0.600. The van der Waals surface area contributed by atoms with E-state index in [0.717, 1.165) is 23.7 Å². The molecular weight excluding hydrogens is 308 g/mol. The van der Waals surface area contributed by atoms with E-state index in [0.29, 0.717) is 11.7 Å². The minimum atomic E-state index is -3.59. The zero-order chi connectivity index (χ0) is 15.5. The van der Waals surface area contributed by atoms with E-state index in [-0.39, 0.29) is 4.90 Å². The molecule has 2 heterocycles. The van der Waals surface area contributed by atoms with Gasteiger partial charge in [0.05, 0.1) is 0 Å². The number of aryl methyl sites for hydroxylation is 2. The number of nitrogens with one attached hydrogen (secondary N) is 2. The molecular formula is C13H20N4O2S2. The molecule has 2 aromatic heterocycles. The lowest BCUT2D eigenvalue weighted by Crippen LogP contribution is -2.14. The van der Waals surface area contributed by atoms with Gasteiger partial charge in [0.1, 0.15) is 4.90 Å². The lowest BCUT2D eigenvalue weighted by Gasteiger charge is -2.05. The molecule has 2 rings (SSSR count). The molecule has 116 valence electrons. The molecule has 0 spiro atoms. The summed E-state index contributed by atoms with van der Waals surface area (Å²) < 4.78 is 29.2. The van der Waals surface area contributed by atoms with Gasteiger partial charge in [-0.15, -0.1) is 11.3 Å². The van der Waals surface area contributed by atoms with E-state index >= 15 is 0 Å². The first-order chi connectivity index (χ1) is 9.96. The smallest absolute Gasteiger partial charge is 0.265 e. The maximum atomic E-state index is 12.4. The molecule has 0 aromatic carbocycles. The Morgan fingerprint density at radius 3 is 2.71 bits per heavy atom. The fraction of sp³-hybridized carbons (Fsp3) is 0.462. The molecule has 0 aliphatic rings. The van der Waals surface area contributed by atoms with E-state index in [2.05, 4.69) is 15.0 Å². The molecule has 0 radical (unpaired) electrons. The number of aromatic nitrogens is 2.